The normalized spacial score (nSPS) is 12.8. The molecule has 2 nitrogen and oxygen atoms in total. The van der Waals surface area contributed by atoms with E-state index in [2.05, 4.69) is 11.8 Å². The van der Waals surface area contributed by atoms with Gasteiger partial charge in [-0.25, -0.2) is 0 Å². The molecule has 2 N–H and O–H groups in total. The summed E-state index contributed by atoms with van der Waals surface area (Å²) in [5, 5.41) is 1.20. The maximum absolute atomic E-state index is 6.14. The molecule has 1 unspecified atom stereocenters. The fourth-order valence-corrected chi connectivity index (χ4v) is 2.16. The zero-order chi connectivity index (χ0) is 13.0. The molecule has 94 valence electrons. The molecule has 1 aromatic rings. The Morgan fingerprint density at radius 2 is 2.12 bits per heavy atom. The number of nitrogens with two attached hydrogens (primary N) is 1. The van der Waals surface area contributed by atoms with Crippen LogP contribution in [-0.2, 0) is 6.54 Å². The van der Waals surface area contributed by atoms with Gasteiger partial charge in [-0.3, -0.25) is 4.90 Å². The third-order valence-electron chi connectivity index (χ3n) is 2.70. The van der Waals surface area contributed by atoms with Crippen LogP contribution >= 0.6 is 35.4 Å². The van der Waals surface area contributed by atoms with Crippen LogP contribution < -0.4 is 5.73 Å². The van der Waals surface area contributed by atoms with Gasteiger partial charge in [-0.05, 0) is 25.6 Å². The second kappa shape index (κ2) is 6.55. The van der Waals surface area contributed by atoms with Gasteiger partial charge in [0.25, 0.3) is 0 Å². The van der Waals surface area contributed by atoms with Gasteiger partial charge in [0.2, 0.25) is 0 Å². The largest absolute Gasteiger partial charge is 0.393 e. The summed E-state index contributed by atoms with van der Waals surface area (Å²) in [6.07, 6.45) is 0.698. The van der Waals surface area contributed by atoms with Gasteiger partial charge < -0.3 is 5.73 Å². The van der Waals surface area contributed by atoms with Crippen molar-refractivity contribution in [1.82, 2.24) is 4.90 Å². The standard InChI is InChI=1S/C12H16Cl2N2S/c1-8(6-11(15)17)16(2)7-9-4-3-5-10(13)12(9)14/h3-5,8H,6-7H2,1-2H3,(H2,15,17). The lowest BCUT2D eigenvalue weighted by Gasteiger charge is -2.24. The predicted octanol–water partition coefficient (Wildman–Crippen LogP) is 3.49. The smallest absolute Gasteiger partial charge is 0.0742 e. The number of nitrogens with zero attached hydrogens (tertiary/aromatic N) is 1. The molecule has 0 heterocycles. The average Bonchev–Trinajstić information content (AvgIpc) is 2.23. The predicted molar refractivity (Wildman–Crippen MR) is 78.8 cm³/mol. The Morgan fingerprint density at radius 1 is 1.47 bits per heavy atom. The van der Waals surface area contributed by atoms with Crippen LogP contribution in [0.4, 0.5) is 0 Å². The molecule has 0 spiro atoms. The highest BCUT2D eigenvalue weighted by atomic mass is 35.5. The summed E-state index contributed by atoms with van der Waals surface area (Å²) in [5.74, 6) is 0. The van der Waals surface area contributed by atoms with E-state index in [9.17, 15) is 0 Å². The van der Waals surface area contributed by atoms with Crippen LogP contribution in [0.25, 0.3) is 0 Å². The number of benzene rings is 1. The summed E-state index contributed by atoms with van der Waals surface area (Å²) in [6, 6.07) is 5.93. The molecule has 1 atom stereocenters. The van der Waals surface area contributed by atoms with Gasteiger partial charge in [0, 0.05) is 19.0 Å². The fourth-order valence-electron chi connectivity index (χ4n) is 1.54. The van der Waals surface area contributed by atoms with Crippen LogP contribution in [0, 0.1) is 0 Å². The van der Waals surface area contributed by atoms with Crippen LogP contribution in [0.15, 0.2) is 18.2 Å². The lowest BCUT2D eigenvalue weighted by atomic mass is 10.1. The van der Waals surface area contributed by atoms with Crippen LogP contribution in [0.3, 0.4) is 0 Å². The minimum atomic E-state index is 0.280. The van der Waals surface area contributed by atoms with Crippen molar-refractivity contribution in [1.29, 1.82) is 0 Å². The molecule has 0 aliphatic carbocycles. The van der Waals surface area contributed by atoms with Crippen molar-refractivity contribution < 1.29 is 0 Å². The lowest BCUT2D eigenvalue weighted by molar-refractivity contribution is 0.255. The molecular formula is C12H16Cl2N2S. The summed E-state index contributed by atoms with van der Waals surface area (Å²) < 4.78 is 0. The molecule has 1 rings (SSSR count). The minimum absolute atomic E-state index is 0.280. The fraction of sp³-hybridized carbons (Fsp3) is 0.417. The van der Waals surface area contributed by atoms with E-state index in [1.54, 1.807) is 6.07 Å². The van der Waals surface area contributed by atoms with Crippen LogP contribution in [0.2, 0.25) is 10.0 Å². The van der Waals surface area contributed by atoms with Crippen molar-refractivity contribution >= 4 is 40.4 Å². The SMILES string of the molecule is CC(CC(N)=S)N(C)Cc1cccc(Cl)c1Cl. The van der Waals surface area contributed by atoms with Gasteiger partial charge in [0.15, 0.2) is 0 Å². The number of hydrogen-bond acceptors (Lipinski definition) is 2. The molecule has 0 fully saturated rings. The maximum atomic E-state index is 6.14. The van der Waals surface area contributed by atoms with E-state index >= 15 is 0 Å². The van der Waals surface area contributed by atoms with Gasteiger partial charge in [-0.15, -0.1) is 0 Å². The van der Waals surface area contributed by atoms with Crippen molar-refractivity contribution in [2.24, 2.45) is 5.73 Å². The van der Waals surface area contributed by atoms with Crippen LogP contribution in [0.1, 0.15) is 18.9 Å². The van der Waals surface area contributed by atoms with E-state index in [1.807, 2.05) is 19.2 Å². The lowest BCUT2D eigenvalue weighted by Crippen LogP contribution is -2.32. The van der Waals surface area contributed by atoms with E-state index in [0.717, 1.165) is 12.1 Å². The minimum Gasteiger partial charge on any atom is -0.393 e. The third-order valence-corrected chi connectivity index (χ3v) is 3.73. The number of halogens is 2. The Labute approximate surface area is 118 Å². The van der Waals surface area contributed by atoms with E-state index in [-0.39, 0.29) is 6.04 Å². The van der Waals surface area contributed by atoms with E-state index in [1.165, 1.54) is 0 Å². The van der Waals surface area contributed by atoms with Gasteiger partial charge in [-0.1, -0.05) is 47.6 Å². The summed E-state index contributed by atoms with van der Waals surface area (Å²) in [6.45, 7) is 2.81. The summed E-state index contributed by atoms with van der Waals surface area (Å²) >= 11 is 17.0. The molecule has 0 aliphatic rings. The first-order valence-corrected chi connectivity index (χ1v) is 6.49. The second-order valence-electron chi connectivity index (χ2n) is 4.15. The summed E-state index contributed by atoms with van der Waals surface area (Å²) in [7, 11) is 2.01. The maximum Gasteiger partial charge on any atom is 0.0742 e. The molecule has 0 radical (unpaired) electrons. The first-order chi connectivity index (χ1) is 7.91. The quantitative estimate of drug-likeness (QED) is 0.842. The second-order valence-corrected chi connectivity index (χ2v) is 5.46. The highest BCUT2D eigenvalue weighted by molar-refractivity contribution is 7.80. The van der Waals surface area contributed by atoms with Crippen molar-refractivity contribution in [2.45, 2.75) is 25.9 Å². The molecule has 0 bridgehead atoms. The summed E-state index contributed by atoms with van der Waals surface area (Å²) in [5.41, 5.74) is 6.55. The molecule has 1 aromatic carbocycles. The zero-order valence-electron chi connectivity index (χ0n) is 9.91. The number of rotatable bonds is 5. The average molecular weight is 291 g/mol. The molecule has 0 saturated heterocycles. The van der Waals surface area contributed by atoms with Crippen molar-refractivity contribution in [2.75, 3.05) is 7.05 Å². The Morgan fingerprint density at radius 3 is 2.71 bits per heavy atom. The van der Waals surface area contributed by atoms with E-state index in [0.29, 0.717) is 21.5 Å². The Kier molecular flexibility index (Phi) is 5.67. The third kappa shape index (κ3) is 4.43. The first kappa shape index (κ1) is 14.7. The Hall–Kier alpha value is -0.350. The first-order valence-electron chi connectivity index (χ1n) is 5.33. The van der Waals surface area contributed by atoms with Crippen LogP contribution in [0.5, 0.6) is 0 Å². The molecular weight excluding hydrogens is 275 g/mol. The van der Waals surface area contributed by atoms with Crippen molar-refractivity contribution in [3.8, 4) is 0 Å². The van der Waals surface area contributed by atoms with Crippen LogP contribution in [-0.4, -0.2) is 23.0 Å². The van der Waals surface area contributed by atoms with Gasteiger partial charge >= 0.3 is 0 Å². The molecule has 0 saturated carbocycles. The molecule has 17 heavy (non-hydrogen) atoms. The van der Waals surface area contributed by atoms with E-state index < -0.39 is 0 Å². The Bertz CT molecular complexity index is 409. The molecule has 0 aromatic heterocycles. The highest BCUT2D eigenvalue weighted by Crippen LogP contribution is 2.26. The number of thiocarbonyl (C=S) groups is 1. The van der Waals surface area contributed by atoms with Gasteiger partial charge in [-0.2, -0.15) is 0 Å². The topological polar surface area (TPSA) is 29.3 Å². The van der Waals surface area contributed by atoms with E-state index in [4.69, 9.17) is 41.2 Å². The van der Waals surface area contributed by atoms with Crippen molar-refractivity contribution in [3.63, 3.8) is 0 Å². The Balaban J connectivity index is 2.70. The van der Waals surface area contributed by atoms with Gasteiger partial charge in [0.1, 0.15) is 0 Å². The van der Waals surface area contributed by atoms with Gasteiger partial charge in [0.05, 0.1) is 15.0 Å². The molecule has 0 aliphatic heterocycles. The molecule has 5 heteroatoms. The zero-order valence-corrected chi connectivity index (χ0v) is 12.2. The monoisotopic (exact) mass is 290 g/mol. The highest BCUT2D eigenvalue weighted by Gasteiger charge is 2.13. The van der Waals surface area contributed by atoms with Crippen molar-refractivity contribution in [3.05, 3.63) is 33.8 Å². The number of hydrogen-bond donors (Lipinski definition) is 1. The molecule has 0 amide bonds. The summed E-state index contributed by atoms with van der Waals surface area (Å²) in [4.78, 5) is 2.68.